The molecule has 30 heavy (non-hydrogen) atoms. The van der Waals surface area contributed by atoms with Crippen LogP contribution in [0.15, 0.2) is 59.5 Å². The number of methoxy groups -OCH3 is 1. The SMILES string of the molecule is COC(=O)C(Cc1ccc(O)cc1)NC(=O)c1cnc(-c2ccc(Cl)cc2)[nH]c1=O. The predicted octanol–water partition coefficient (Wildman–Crippen LogP) is 2.31. The van der Waals surface area contributed by atoms with Gasteiger partial charge in [-0.2, -0.15) is 0 Å². The van der Waals surface area contributed by atoms with E-state index in [2.05, 4.69) is 15.3 Å². The van der Waals surface area contributed by atoms with Gasteiger partial charge in [0.05, 0.1) is 7.11 Å². The fraction of sp³-hybridized carbons (Fsp3) is 0.143. The van der Waals surface area contributed by atoms with Crippen LogP contribution < -0.4 is 10.9 Å². The monoisotopic (exact) mass is 427 g/mol. The van der Waals surface area contributed by atoms with E-state index in [4.69, 9.17) is 16.3 Å². The number of benzene rings is 2. The number of ether oxygens (including phenoxy) is 1. The molecule has 1 amide bonds. The Morgan fingerprint density at radius 1 is 1.17 bits per heavy atom. The fourth-order valence-electron chi connectivity index (χ4n) is 2.75. The van der Waals surface area contributed by atoms with Crippen molar-refractivity contribution in [1.29, 1.82) is 0 Å². The third kappa shape index (κ3) is 5.03. The maximum Gasteiger partial charge on any atom is 0.328 e. The van der Waals surface area contributed by atoms with E-state index in [0.717, 1.165) is 6.20 Å². The zero-order valence-corrected chi connectivity index (χ0v) is 16.6. The van der Waals surface area contributed by atoms with Crippen LogP contribution in [-0.4, -0.2) is 40.1 Å². The van der Waals surface area contributed by atoms with E-state index in [0.29, 0.717) is 16.1 Å². The van der Waals surface area contributed by atoms with Gasteiger partial charge in [0.2, 0.25) is 0 Å². The second-order valence-corrected chi connectivity index (χ2v) is 6.84. The Balaban J connectivity index is 1.79. The fourth-order valence-corrected chi connectivity index (χ4v) is 2.88. The molecule has 1 atom stereocenters. The van der Waals surface area contributed by atoms with Gasteiger partial charge in [-0.15, -0.1) is 0 Å². The Hall–Kier alpha value is -3.65. The Labute approximate surface area is 176 Å². The summed E-state index contributed by atoms with van der Waals surface area (Å²) >= 11 is 5.85. The summed E-state index contributed by atoms with van der Waals surface area (Å²) in [6.07, 6.45) is 1.26. The molecular formula is C21H18ClN3O5. The largest absolute Gasteiger partial charge is 0.508 e. The van der Waals surface area contributed by atoms with Gasteiger partial charge in [0.15, 0.2) is 0 Å². The number of amides is 1. The summed E-state index contributed by atoms with van der Waals surface area (Å²) in [5.74, 6) is -1.07. The molecule has 1 aromatic heterocycles. The van der Waals surface area contributed by atoms with Crippen LogP contribution in [0.2, 0.25) is 5.02 Å². The molecule has 0 aliphatic heterocycles. The van der Waals surface area contributed by atoms with Gasteiger partial charge in [0, 0.05) is 23.2 Å². The summed E-state index contributed by atoms with van der Waals surface area (Å²) in [4.78, 5) is 43.8. The zero-order valence-electron chi connectivity index (χ0n) is 15.9. The topological polar surface area (TPSA) is 121 Å². The van der Waals surface area contributed by atoms with Crippen molar-refractivity contribution in [2.75, 3.05) is 7.11 Å². The molecule has 2 aromatic carbocycles. The van der Waals surface area contributed by atoms with E-state index in [1.165, 1.54) is 19.2 Å². The van der Waals surface area contributed by atoms with Gasteiger partial charge in [-0.25, -0.2) is 9.78 Å². The molecule has 1 unspecified atom stereocenters. The first-order valence-corrected chi connectivity index (χ1v) is 9.27. The minimum atomic E-state index is -1.03. The molecule has 0 fully saturated rings. The van der Waals surface area contributed by atoms with Crippen LogP contribution in [-0.2, 0) is 16.0 Å². The third-order valence-electron chi connectivity index (χ3n) is 4.33. The lowest BCUT2D eigenvalue weighted by Gasteiger charge is -2.16. The number of phenolic OH excluding ortho intramolecular Hbond substituents is 1. The quantitative estimate of drug-likeness (QED) is 0.519. The van der Waals surface area contributed by atoms with E-state index >= 15 is 0 Å². The molecule has 0 saturated heterocycles. The zero-order chi connectivity index (χ0) is 21.7. The van der Waals surface area contributed by atoms with Crippen molar-refractivity contribution in [1.82, 2.24) is 15.3 Å². The number of hydrogen-bond donors (Lipinski definition) is 3. The molecule has 0 saturated carbocycles. The molecule has 0 bridgehead atoms. The number of aromatic nitrogens is 2. The number of phenols is 1. The number of aromatic amines is 1. The normalized spacial score (nSPS) is 11.5. The van der Waals surface area contributed by atoms with Gasteiger partial charge in [0.1, 0.15) is 23.2 Å². The van der Waals surface area contributed by atoms with Crippen LogP contribution in [0.3, 0.4) is 0 Å². The molecule has 1 heterocycles. The molecule has 3 N–H and O–H groups in total. The van der Waals surface area contributed by atoms with Crippen LogP contribution in [0, 0.1) is 0 Å². The van der Waals surface area contributed by atoms with E-state index in [1.807, 2.05) is 0 Å². The van der Waals surface area contributed by atoms with E-state index in [1.54, 1.807) is 36.4 Å². The van der Waals surface area contributed by atoms with Gasteiger partial charge in [-0.1, -0.05) is 23.7 Å². The van der Waals surface area contributed by atoms with Crippen LogP contribution in [0.5, 0.6) is 5.75 Å². The Bertz CT molecular complexity index is 1110. The molecule has 0 aliphatic carbocycles. The van der Waals surface area contributed by atoms with Crippen molar-refractivity contribution in [2.24, 2.45) is 0 Å². The van der Waals surface area contributed by atoms with Crippen molar-refractivity contribution < 1.29 is 19.4 Å². The molecule has 154 valence electrons. The summed E-state index contributed by atoms with van der Waals surface area (Å²) in [6, 6.07) is 11.8. The summed E-state index contributed by atoms with van der Waals surface area (Å²) in [5, 5.41) is 12.4. The number of carbonyl (C=O) groups is 2. The Morgan fingerprint density at radius 2 is 1.83 bits per heavy atom. The number of nitrogens with zero attached hydrogens (tertiary/aromatic N) is 1. The predicted molar refractivity (Wildman–Crippen MR) is 110 cm³/mol. The second-order valence-electron chi connectivity index (χ2n) is 6.40. The molecular weight excluding hydrogens is 410 g/mol. The average molecular weight is 428 g/mol. The number of carbonyl (C=O) groups excluding carboxylic acids is 2. The van der Waals surface area contributed by atoms with Crippen LogP contribution in [0.4, 0.5) is 0 Å². The molecule has 0 aliphatic rings. The average Bonchev–Trinajstić information content (AvgIpc) is 2.74. The number of aromatic hydroxyl groups is 1. The lowest BCUT2D eigenvalue weighted by molar-refractivity contribution is -0.142. The molecule has 8 nitrogen and oxygen atoms in total. The van der Waals surface area contributed by atoms with Crippen molar-refractivity contribution in [3.63, 3.8) is 0 Å². The van der Waals surface area contributed by atoms with Crippen molar-refractivity contribution in [3.05, 3.63) is 81.2 Å². The first kappa shape index (κ1) is 21.1. The molecule has 0 spiro atoms. The van der Waals surface area contributed by atoms with Crippen molar-refractivity contribution >= 4 is 23.5 Å². The highest BCUT2D eigenvalue weighted by Crippen LogP contribution is 2.17. The highest BCUT2D eigenvalue weighted by Gasteiger charge is 2.24. The first-order chi connectivity index (χ1) is 14.4. The summed E-state index contributed by atoms with van der Waals surface area (Å²) in [5.41, 5.74) is 0.421. The number of nitrogens with one attached hydrogen (secondary N) is 2. The maximum atomic E-state index is 12.6. The minimum Gasteiger partial charge on any atom is -0.508 e. The van der Waals surface area contributed by atoms with Gasteiger partial charge >= 0.3 is 5.97 Å². The van der Waals surface area contributed by atoms with E-state index in [-0.39, 0.29) is 23.6 Å². The van der Waals surface area contributed by atoms with E-state index in [9.17, 15) is 19.5 Å². The molecule has 9 heteroatoms. The Kier molecular flexibility index (Phi) is 6.48. The second kappa shape index (κ2) is 9.23. The van der Waals surface area contributed by atoms with Crippen molar-refractivity contribution in [2.45, 2.75) is 12.5 Å². The van der Waals surface area contributed by atoms with Crippen molar-refractivity contribution in [3.8, 4) is 17.1 Å². The third-order valence-corrected chi connectivity index (χ3v) is 4.58. The standard InChI is InChI=1S/C21H18ClN3O5/c1-30-21(29)17(10-12-2-8-15(26)9-3-12)24-19(27)16-11-23-18(25-20(16)28)13-4-6-14(22)7-5-13/h2-9,11,17,26H,10H2,1H3,(H,24,27)(H,23,25,28). The van der Waals surface area contributed by atoms with Gasteiger partial charge in [-0.3, -0.25) is 9.59 Å². The van der Waals surface area contributed by atoms with Crippen LogP contribution in [0.1, 0.15) is 15.9 Å². The number of rotatable bonds is 6. The van der Waals surface area contributed by atoms with Crippen LogP contribution in [0.25, 0.3) is 11.4 Å². The lowest BCUT2D eigenvalue weighted by Crippen LogP contribution is -2.44. The minimum absolute atomic E-state index is 0.0794. The number of hydrogen-bond acceptors (Lipinski definition) is 6. The molecule has 3 rings (SSSR count). The Morgan fingerprint density at radius 3 is 2.43 bits per heavy atom. The summed E-state index contributed by atoms with van der Waals surface area (Å²) < 4.78 is 4.75. The maximum absolute atomic E-state index is 12.6. The lowest BCUT2D eigenvalue weighted by atomic mass is 10.1. The first-order valence-electron chi connectivity index (χ1n) is 8.89. The van der Waals surface area contributed by atoms with E-state index < -0.39 is 23.5 Å². The number of esters is 1. The number of H-pyrrole nitrogens is 1. The summed E-state index contributed by atoms with van der Waals surface area (Å²) in [6.45, 7) is 0. The number of halogens is 1. The summed E-state index contributed by atoms with van der Waals surface area (Å²) in [7, 11) is 1.20. The molecule has 0 radical (unpaired) electrons. The highest BCUT2D eigenvalue weighted by molar-refractivity contribution is 6.30. The van der Waals surface area contributed by atoms with Gasteiger partial charge in [-0.05, 0) is 42.0 Å². The van der Waals surface area contributed by atoms with Gasteiger partial charge < -0.3 is 20.1 Å². The van der Waals surface area contributed by atoms with Crippen LogP contribution >= 0.6 is 11.6 Å². The molecule has 3 aromatic rings. The van der Waals surface area contributed by atoms with Gasteiger partial charge in [0.25, 0.3) is 11.5 Å². The highest BCUT2D eigenvalue weighted by atomic mass is 35.5. The smallest absolute Gasteiger partial charge is 0.328 e.